The Hall–Kier alpha value is -13.8. The van der Waals surface area contributed by atoms with E-state index in [0.29, 0.717) is 22.5 Å². The lowest BCUT2D eigenvalue weighted by atomic mass is 9.84. The van der Waals surface area contributed by atoms with E-state index in [1.807, 2.05) is 97.1 Å². The van der Waals surface area contributed by atoms with Gasteiger partial charge in [-0.05, 0) is 250 Å². The lowest BCUT2D eigenvalue weighted by Gasteiger charge is -2.20. The topological polar surface area (TPSA) is 76.0 Å². The van der Waals surface area contributed by atoms with Gasteiger partial charge in [0.2, 0.25) is 0 Å². The summed E-state index contributed by atoms with van der Waals surface area (Å²) in [6.07, 6.45) is 0. The lowest BCUT2D eigenvalue weighted by molar-refractivity contribution is 1.18. The zero-order valence-corrected chi connectivity index (χ0v) is 53.3. The molecule has 8 heteroatoms. The summed E-state index contributed by atoms with van der Waals surface area (Å²) >= 11 is 0. The molecule has 0 radical (unpaired) electrons. The number of rotatable bonds is 9. The van der Waals surface area contributed by atoms with Gasteiger partial charge in [-0.25, -0.2) is 9.69 Å². The molecular weight excluding hydrogens is 1190 g/mol. The minimum atomic E-state index is 0.601. The highest BCUT2D eigenvalue weighted by atomic mass is 15.0. The Bertz CT molecular complexity index is 5790. The van der Waals surface area contributed by atoms with E-state index in [9.17, 15) is 10.5 Å². The Morgan fingerprint density at radius 1 is 0.255 bits per heavy atom. The molecule has 0 N–H and O–H groups in total. The van der Waals surface area contributed by atoms with Crippen molar-refractivity contribution in [3.05, 3.63) is 336 Å². The molecule has 4 heterocycles. The summed E-state index contributed by atoms with van der Waals surface area (Å²) in [7, 11) is 0. The highest BCUT2D eigenvalue weighted by Gasteiger charge is 2.23. The van der Waals surface area contributed by atoms with E-state index in [1.54, 1.807) is 0 Å². The smallest absolute Gasteiger partial charge is 0.187 e. The van der Waals surface area contributed by atoms with Crippen LogP contribution in [0.1, 0.15) is 22.3 Å². The van der Waals surface area contributed by atoms with E-state index in [1.165, 1.54) is 0 Å². The minimum Gasteiger partial charge on any atom is -0.309 e. The van der Waals surface area contributed by atoms with Crippen molar-refractivity contribution in [2.24, 2.45) is 0 Å². The highest BCUT2D eigenvalue weighted by molar-refractivity contribution is 6.15. The maximum absolute atomic E-state index is 9.78. The summed E-state index contributed by atoms with van der Waals surface area (Å²) in [4.78, 5) is 7.41. The Kier molecular flexibility index (Phi) is 13.1. The van der Waals surface area contributed by atoms with Gasteiger partial charge in [0.05, 0.1) is 80.5 Å². The number of aromatic nitrogens is 4. The van der Waals surface area contributed by atoms with Crippen molar-refractivity contribution >= 4 is 98.6 Å². The number of nitrogens with zero attached hydrogens (tertiary/aromatic N) is 8. The zero-order chi connectivity index (χ0) is 65.9. The number of hydrogen-bond donors (Lipinski definition) is 0. The number of hydrogen-bond acceptors (Lipinski definition) is 2. The summed E-state index contributed by atoms with van der Waals surface area (Å²) in [6, 6.07) is 108. The SMILES string of the molecule is [C-]#[N+]c1ccc(-n2c3ccccc3c3cc(-c4cc(-c5cc(-c6ccc7c(c6)c6ccccc6n7-c6ccc(C#N)cc6)c(C)c(-c6ccc7c(c6)c6ccccc6n7-c6ccc(C#N)cc6)c5)cc(-c5ccc6c(c5)c5ccccc5n6-c5ccc([N+]#[C-])cc5)c4C)ccc32)cc1. The molecule has 0 saturated carbocycles. The third kappa shape index (κ3) is 8.95. The normalized spacial score (nSPS) is 11.5. The second kappa shape index (κ2) is 22.5. The molecule has 0 saturated heterocycles. The molecule has 0 amide bonds. The second-order valence-electron chi connectivity index (χ2n) is 25.3. The fourth-order valence-corrected chi connectivity index (χ4v) is 15.4. The van der Waals surface area contributed by atoms with E-state index >= 15 is 0 Å². The third-order valence-electron chi connectivity index (χ3n) is 20.1. The standard InChI is InChI=1S/C90H54N8/c1-55-75(59-25-41-87-79(45-59)71-13-5-9-17-83(71)95(87)67-33-21-57(53-91)22-34-67)49-63(50-76(55)60-26-42-88-80(46-60)72-14-6-10-18-84(72)96(88)68-35-23-58(54-92)24-36-68)64-51-77(61-27-43-89-81(47-61)73-15-7-11-19-85(73)97(89)69-37-29-65(93-3)30-38-69)56(2)78(52-64)62-28-44-90-82(48-62)74-16-8-12-20-86(74)98(90)70-39-31-66(94-4)32-40-70/h5-52H,1-2H3. The molecule has 0 aliphatic carbocycles. The van der Waals surface area contributed by atoms with Crippen LogP contribution in [-0.2, 0) is 0 Å². The van der Waals surface area contributed by atoms with E-state index in [2.05, 4.69) is 248 Å². The average Bonchev–Trinajstić information content (AvgIpc) is 1.47. The van der Waals surface area contributed by atoms with Crippen molar-refractivity contribution in [1.82, 2.24) is 18.3 Å². The molecule has 14 aromatic carbocycles. The molecule has 454 valence electrons. The molecule has 0 bridgehead atoms. The van der Waals surface area contributed by atoms with Crippen LogP contribution >= 0.6 is 0 Å². The maximum Gasteiger partial charge on any atom is 0.187 e. The molecule has 0 atom stereocenters. The van der Waals surface area contributed by atoms with Gasteiger partial charge in [-0.15, -0.1) is 0 Å². The average molecular weight is 1250 g/mol. The number of benzene rings is 14. The third-order valence-corrected chi connectivity index (χ3v) is 20.1. The van der Waals surface area contributed by atoms with Crippen molar-refractivity contribution in [2.45, 2.75) is 13.8 Å². The van der Waals surface area contributed by atoms with Gasteiger partial charge in [-0.1, -0.05) is 121 Å². The summed E-state index contributed by atoms with van der Waals surface area (Å²) < 4.78 is 9.22. The van der Waals surface area contributed by atoms with Crippen molar-refractivity contribution in [3.8, 4) is 90.5 Å². The molecule has 18 aromatic rings. The predicted molar refractivity (Wildman–Crippen MR) is 402 cm³/mol. The maximum atomic E-state index is 9.78. The molecule has 18 rings (SSSR count). The van der Waals surface area contributed by atoms with E-state index in [0.717, 1.165) is 177 Å². The Morgan fingerprint density at radius 3 is 0.735 bits per heavy atom. The molecule has 98 heavy (non-hydrogen) atoms. The van der Waals surface area contributed by atoms with Gasteiger partial charge in [0.1, 0.15) is 0 Å². The van der Waals surface area contributed by atoms with Crippen LogP contribution in [-0.4, -0.2) is 18.3 Å². The largest absolute Gasteiger partial charge is 0.309 e. The van der Waals surface area contributed by atoms with Crippen LogP contribution in [0, 0.1) is 49.7 Å². The van der Waals surface area contributed by atoms with Crippen LogP contribution in [0.2, 0.25) is 0 Å². The summed E-state index contributed by atoms with van der Waals surface area (Å²) in [5, 5.41) is 28.6. The van der Waals surface area contributed by atoms with Crippen LogP contribution in [0.5, 0.6) is 0 Å². The number of fused-ring (bicyclic) bond motifs is 12. The van der Waals surface area contributed by atoms with Gasteiger partial charge < -0.3 is 18.3 Å². The van der Waals surface area contributed by atoms with Crippen LogP contribution in [0.25, 0.3) is 175 Å². The van der Waals surface area contributed by atoms with Gasteiger partial charge in [-0.2, -0.15) is 10.5 Å². The minimum absolute atomic E-state index is 0.601. The number of para-hydroxylation sites is 4. The molecule has 0 aliphatic heterocycles. The van der Waals surface area contributed by atoms with Crippen molar-refractivity contribution in [3.63, 3.8) is 0 Å². The van der Waals surface area contributed by atoms with E-state index in [-0.39, 0.29) is 0 Å². The number of nitriles is 2. The highest BCUT2D eigenvalue weighted by Crippen LogP contribution is 2.47. The fourth-order valence-electron chi connectivity index (χ4n) is 15.4. The van der Waals surface area contributed by atoms with E-state index < -0.39 is 0 Å². The molecule has 0 unspecified atom stereocenters. The first-order valence-electron chi connectivity index (χ1n) is 32.6. The molecule has 0 fully saturated rings. The van der Waals surface area contributed by atoms with Crippen molar-refractivity contribution < 1.29 is 0 Å². The van der Waals surface area contributed by atoms with Crippen molar-refractivity contribution in [1.29, 1.82) is 10.5 Å². The lowest BCUT2D eigenvalue weighted by Crippen LogP contribution is -1.96. The van der Waals surface area contributed by atoms with Crippen LogP contribution < -0.4 is 0 Å². The van der Waals surface area contributed by atoms with Crippen LogP contribution in [0.4, 0.5) is 11.4 Å². The van der Waals surface area contributed by atoms with Gasteiger partial charge in [0, 0.05) is 65.8 Å². The monoisotopic (exact) mass is 1250 g/mol. The molecule has 8 nitrogen and oxygen atoms in total. The van der Waals surface area contributed by atoms with Gasteiger partial charge in [0.15, 0.2) is 11.4 Å². The van der Waals surface area contributed by atoms with Gasteiger partial charge in [-0.3, -0.25) is 0 Å². The summed E-state index contributed by atoms with van der Waals surface area (Å²) in [5.41, 5.74) is 28.2. The molecular formula is C90H54N8. The second-order valence-corrected chi connectivity index (χ2v) is 25.3. The molecule has 0 spiro atoms. The van der Waals surface area contributed by atoms with Gasteiger partial charge in [0.25, 0.3) is 0 Å². The quantitative estimate of drug-likeness (QED) is 0.135. The Labute approximate surface area is 564 Å². The first-order valence-corrected chi connectivity index (χ1v) is 32.6. The molecule has 4 aromatic heterocycles. The van der Waals surface area contributed by atoms with Gasteiger partial charge >= 0.3 is 0 Å². The first kappa shape index (κ1) is 56.9. The Balaban J connectivity index is 0.894. The fraction of sp³-hybridized carbons (Fsp3) is 0.0222. The van der Waals surface area contributed by atoms with Crippen LogP contribution in [0.3, 0.4) is 0 Å². The molecule has 0 aliphatic rings. The summed E-state index contributed by atoms with van der Waals surface area (Å²) in [5.74, 6) is 0. The Morgan fingerprint density at radius 2 is 0.490 bits per heavy atom. The zero-order valence-electron chi connectivity index (χ0n) is 53.3. The first-order chi connectivity index (χ1) is 48.2. The van der Waals surface area contributed by atoms with E-state index in [4.69, 9.17) is 13.1 Å². The van der Waals surface area contributed by atoms with Crippen molar-refractivity contribution in [2.75, 3.05) is 0 Å². The summed E-state index contributed by atoms with van der Waals surface area (Å²) in [6.45, 7) is 19.9. The van der Waals surface area contributed by atoms with Crippen LogP contribution in [0.15, 0.2) is 291 Å². The predicted octanol–water partition coefficient (Wildman–Crippen LogP) is 23.9.